The number of oxime groups is 1. The van der Waals surface area contributed by atoms with Gasteiger partial charge in [0, 0.05) is 43.4 Å². The Morgan fingerprint density at radius 1 is 0.923 bits per heavy atom. The number of aliphatic hydroxyl groups is 3. The van der Waals surface area contributed by atoms with Gasteiger partial charge in [-0.25, -0.2) is 4.79 Å². The number of benzene rings is 1. The zero-order valence-corrected chi connectivity index (χ0v) is 39.6. The molecule has 0 bridgehead atoms. The molecule has 362 valence electrons. The molecule has 13 heteroatoms. The third kappa shape index (κ3) is 14.5. The number of pyridine rings is 1. The lowest BCUT2D eigenvalue weighted by Crippen LogP contribution is -2.70. The van der Waals surface area contributed by atoms with Crippen molar-refractivity contribution in [3.63, 3.8) is 0 Å². The standard InChI is InChI=1S/C52H79N3O10/c1-5-7-8-9-10-11-12-13-14-19-32-62-51(59)55(27-33-61-34-30-58)48-37-46(54-60-4)44-35-40(22-15-17-28-56)43(24-16-18-29-57)49-45-36-42(63-38-41-23-20-21-39(3)53-41)25-26-47(45)65-52(48,50(44)49)64-31-6-2/h6,20-21,23,25-26,35-36,40,43,48-50,56-58H,2,5,7-19,22,24,27-34,37-38H2,1,3-4H3. The first-order valence-electron chi connectivity index (χ1n) is 24.6. The summed E-state index contributed by atoms with van der Waals surface area (Å²) in [4.78, 5) is 26.6. The van der Waals surface area contributed by atoms with Crippen molar-refractivity contribution < 1.29 is 48.6 Å². The summed E-state index contributed by atoms with van der Waals surface area (Å²) in [6.45, 7) is 9.43. The van der Waals surface area contributed by atoms with Gasteiger partial charge in [0.1, 0.15) is 31.3 Å². The summed E-state index contributed by atoms with van der Waals surface area (Å²) >= 11 is 0. The normalized spacial score (nSPS) is 22.6. The van der Waals surface area contributed by atoms with E-state index < -0.39 is 23.8 Å². The van der Waals surface area contributed by atoms with E-state index in [1.807, 2.05) is 37.3 Å². The lowest BCUT2D eigenvalue weighted by molar-refractivity contribution is -0.256. The van der Waals surface area contributed by atoms with Crippen molar-refractivity contribution in [1.82, 2.24) is 9.88 Å². The van der Waals surface area contributed by atoms with Gasteiger partial charge in [-0.05, 0) is 86.8 Å². The number of fused-ring (bicyclic) bond motifs is 2. The molecule has 0 radical (unpaired) electrons. The van der Waals surface area contributed by atoms with E-state index in [0.717, 1.165) is 67.5 Å². The van der Waals surface area contributed by atoms with Crippen LogP contribution in [-0.2, 0) is 25.7 Å². The SMILES string of the molecule is C=CCOC12Oc3ccc(OCc4cccc(C)n4)cc3C3C(CCCCO)C(CCCCO)C=C(C(=NOC)CC1N(CCOCCO)C(=O)OCCCCCCCCCCCC)C32. The van der Waals surface area contributed by atoms with Crippen molar-refractivity contribution in [3.05, 3.63) is 77.7 Å². The third-order valence-electron chi connectivity index (χ3n) is 13.2. The van der Waals surface area contributed by atoms with Gasteiger partial charge in [-0.15, -0.1) is 6.58 Å². The number of carbonyl (C=O) groups is 1. The minimum Gasteiger partial charge on any atom is -0.487 e. The van der Waals surface area contributed by atoms with Crippen LogP contribution in [0.1, 0.15) is 139 Å². The number of unbranched alkanes of at least 4 members (excludes halogenated alkanes) is 11. The molecule has 2 heterocycles. The van der Waals surface area contributed by atoms with Crippen LogP contribution in [0.4, 0.5) is 4.79 Å². The van der Waals surface area contributed by atoms with Crippen LogP contribution in [0, 0.1) is 24.7 Å². The van der Waals surface area contributed by atoms with Crippen LogP contribution in [0.3, 0.4) is 0 Å². The maximum Gasteiger partial charge on any atom is 0.410 e. The Morgan fingerprint density at radius 2 is 1.66 bits per heavy atom. The molecule has 0 saturated heterocycles. The van der Waals surface area contributed by atoms with Crippen LogP contribution in [0.25, 0.3) is 0 Å². The van der Waals surface area contributed by atoms with Crippen LogP contribution < -0.4 is 9.47 Å². The second-order valence-electron chi connectivity index (χ2n) is 17.8. The van der Waals surface area contributed by atoms with Crippen molar-refractivity contribution in [2.45, 2.75) is 147 Å². The highest BCUT2D eigenvalue weighted by molar-refractivity contribution is 6.03. The molecule has 65 heavy (non-hydrogen) atoms. The predicted molar refractivity (Wildman–Crippen MR) is 253 cm³/mol. The Kier molecular flexibility index (Phi) is 22.6. The number of allylic oxidation sites excluding steroid dienone is 1. The second-order valence-corrected chi connectivity index (χ2v) is 17.8. The number of nitrogens with zero attached hydrogens (tertiary/aromatic N) is 3. The molecule has 6 unspecified atom stereocenters. The van der Waals surface area contributed by atoms with Crippen molar-refractivity contribution in [2.75, 3.05) is 59.9 Å². The number of carbonyl (C=O) groups excluding carboxylic acids is 1. The molecule has 1 aliphatic heterocycles. The van der Waals surface area contributed by atoms with Crippen molar-refractivity contribution in [2.24, 2.45) is 22.9 Å². The van der Waals surface area contributed by atoms with Gasteiger partial charge in [-0.3, -0.25) is 9.88 Å². The number of ether oxygens (including phenoxy) is 5. The van der Waals surface area contributed by atoms with Crippen LogP contribution in [0.2, 0.25) is 0 Å². The van der Waals surface area contributed by atoms with Crippen LogP contribution in [0.5, 0.6) is 11.5 Å². The van der Waals surface area contributed by atoms with Crippen LogP contribution in [-0.4, -0.2) is 109 Å². The Hall–Kier alpha value is -4.01. The Bertz CT molecular complexity index is 1790. The average Bonchev–Trinajstić information content (AvgIpc) is 3.31. The lowest BCUT2D eigenvalue weighted by Gasteiger charge is -2.59. The molecule has 3 N–H and O–H groups in total. The molecule has 2 aliphatic carbocycles. The van der Waals surface area contributed by atoms with Crippen LogP contribution >= 0.6 is 0 Å². The number of aryl methyl sites for hydroxylation is 1. The van der Waals surface area contributed by atoms with E-state index in [-0.39, 0.29) is 83.6 Å². The van der Waals surface area contributed by atoms with Gasteiger partial charge in [0.05, 0.1) is 50.4 Å². The lowest BCUT2D eigenvalue weighted by atomic mass is 9.55. The summed E-state index contributed by atoms with van der Waals surface area (Å²) in [5, 5.41) is 34.1. The van der Waals surface area contributed by atoms with Crippen molar-refractivity contribution >= 4 is 11.8 Å². The fourth-order valence-corrected chi connectivity index (χ4v) is 10.2. The quantitative estimate of drug-likeness (QED) is 0.0364. The maximum atomic E-state index is 14.6. The number of rotatable bonds is 32. The summed E-state index contributed by atoms with van der Waals surface area (Å²) in [5.41, 5.74) is 4.34. The van der Waals surface area contributed by atoms with Crippen LogP contribution in [0.15, 0.2) is 65.9 Å². The molecule has 3 aliphatic rings. The first-order chi connectivity index (χ1) is 31.8. The molecule has 6 atom stereocenters. The van der Waals surface area contributed by atoms with E-state index in [2.05, 4.69) is 35.8 Å². The highest BCUT2D eigenvalue weighted by Gasteiger charge is 2.65. The summed E-state index contributed by atoms with van der Waals surface area (Å²) in [5.74, 6) is -0.657. The molecule has 1 aromatic carbocycles. The first-order valence-corrected chi connectivity index (χ1v) is 24.6. The van der Waals surface area contributed by atoms with E-state index >= 15 is 0 Å². The number of hydrogen-bond donors (Lipinski definition) is 3. The zero-order valence-electron chi connectivity index (χ0n) is 39.6. The van der Waals surface area contributed by atoms with Gasteiger partial charge in [0.25, 0.3) is 0 Å². The van der Waals surface area contributed by atoms with Gasteiger partial charge in [-0.2, -0.15) is 0 Å². The third-order valence-corrected chi connectivity index (χ3v) is 13.2. The molecular weight excluding hydrogens is 827 g/mol. The molecule has 1 fully saturated rings. The fourth-order valence-electron chi connectivity index (χ4n) is 10.2. The van der Waals surface area contributed by atoms with Gasteiger partial charge in [-0.1, -0.05) is 101 Å². The Balaban J connectivity index is 1.56. The molecule has 0 spiro atoms. The fraction of sp³-hybridized carbons (Fsp3) is 0.673. The van der Waals surface area contributed by atoms with Gasteiger partial charge in [0.15, 0.2) is 0 Å². The van der Waals surface area contributed by atoms with Gasteiger partial charge < -0.3 is 43.8 Å². The van der Waals surface area contributed by atoms with Gasteiger partial charge >= 0.3 is 6.09 Å². The molecule has 13 nitrogen and oxygen atoms in total. The zero-order chi connectivity index (χ0) is 46.3. The molecule has 2 aromatic rings. The molecule has 1 saturated carbocycles. The average molecular weight is 906 g/mol. The van der Waals surface area contributed by atoms with E-state index in [1.165, 1.54) is 52.1 Å². The summed E-state index contributed by atoms with van der Waals surface area (Å²) in [6, 6.07) is 11.1. The number of aromatic nitrogens is 1. The highest BCUT2D eigenvalue weighted by atomic mass is 16.7. The largest absolute Gasteiger partial charge is 0.487 e. The number of aliphatic hydroxyl groups excluding tert-OH is 3. The monoisotopic (exact) mass is 906 g/mol. The molecule has 5 rings (SSSR count). The summed E-state index contributed by atoms with van der Waals surface area (Å²) < 4.78 is 32.8. The molecule has 1 amide bonds. The smallest absolute Gasteiger partial charge is 0.410 e. The molecular formula is C52H79N3O10. The van der Waals surface area contributed by atoms with Crippen molar-refractivity contribution in [1.29, 1.82) is 0 Å². The number of amides is 1. The van der Waals surface area contributed by atoms with E-state index in [1.54, 1.807) is 11.0 Å². The van der Waals surface area contributed by atoms with E-state index in [4.69, 9.17) is 28.5 Å². The first kappa shape index (κ1) is 52.0. The Morgan fingerprint density at radius 3 is 2.35 bits per heavy atom. The predicted octanol–water partition coefficient (Wildman–Crippen LogP) is 9.60. The molecule has 1 aromatic heterocycles. The minimum absolute atomic E-state index is 0.0595. The highest BCUT2D eigenvalue weighted by Crippen LogP contribution is 2.62. The number of hydrogen-bond acceptors (Lipinski definition) is 12. The maximum absolute atomic E-state index is 14.6. The van der Waals surface area contributed by atoms with Gasteiger partial charge in [0.2, 0.25) is 5.79 Å². The summed E-state index contributed by atoms with van der Waals surface area (Å²) in [7, 11) is 1.54. The minimum atomic E-state index is -1.43. The van der Waals surface area contributed by atoms with E-state index in [0.29, 0.717) is 30.1 Å². The summed E-state index contributed by atoms with van der Waals surface area (Å²) in [6.07, 6.45) is 20.1. The van der Waals surface area contributed by atoms with E-state index in [9.17, 15) is 20.1 Å². The Labute approximate surface area is 388 Å². The topological polar surface area (TPSA) is 162 Å². The second kappa shape index (κ2) is 28.2. The van der Waals surface area contributed by atoms with Crippen molar-refractivity contribution in [3.8, 4) is 11.5 Å².